The molecule has 2 aromatic carbocycles. The molecule has 0 aliphatic rings. The van der Waals surface area contributed by atoms with Gasteiger partial charge < -0.3 is 10.2 Å². The largest absolute Gasteiger partial charge is 0.332 e. The Morgan fingerprint density at radius 1 is 1.06 bits per heavy atom. The minimum absolute atomic E-state index is 0.687. The number of nitrogens with one attached hydrogen (secondary N) is 1. The predicted molar refractivity (Wildman–Crippen MR) is 82.2 cm³/mol. The van der Waals surface area contributed by atoms with Gasteiger partial charge in [-0.05, 0) is 49.0 Å². The summed E-state index contributed by atoms with van der Waals surface area (Å²) in [6.45, 7) is 2.07. The maximum Gasteiger partial charge on any atom is 0.177 e. The number of anilines is 2. The van der Waals surface area contributed by atoms with Crippen LogP contribution < -0.4 is 10.2 Å². The van der Waals surface area contributed by atoms with Crippen molar-refractivity contribution >= 4 is 28.7 Å². The van der Waals surface area contributed by atoms with Gasteiger partial charge in [0.05, 0.1) is 0 Å². The molecule has 0 bridgehead atoms. The van der Waals surface area contributed by atoms with E-state index in [1.165, 1.54) is 5.56 Å². The summed E-state index contributed by atoms with van der Waals surface area (Å²) in [5, 5.41) is 3.90. The summed E-state index contributed by atoms with van der Waals surface area (Å²) in [5.41, 5.74) is 3.31. The fourth-order valence-electron chi connectivity index (χ4n) is 1.68. The standard InChI is InChI=1S/C15H16N2S/c1-12-7-6-10-14(11-12)17(2)15(18)16-13-8-4-3-5-9-13/h3-11H,1-2H3,(H,16,18). The molecule has 2 rings (SSSR count). The normalized spacial score (nSPS) is 9.89. The fourth-order valence-corrected chi connectivity index (χ4v) is 1.91. The average Bonchev–Trinajstić information content (AvgIpc) is 2.39. The van der Waals surface area contributed by atoms with E-state index >= 15 is 0 Å². The first-order chi connectivity index (χ1) is 8.66. The molecular formula is C15H16N2S. The van der Waals surface area contributed by atoms with E-state index in [2.05, 4.69) is 24.4 Å². The smallest absolute Gasteiger partial charge is 0.177 e. The molecule has 3 heteroatoms. The number of hydrogen-bond acceptors (Lipinski definition) is 1. The second kappa shape index (κ2) is 5.65. The van der Waals surface area contributed by atoms with Crippen LogP contribution in [0.25, 0.3) is 0 Å². The lowest BCUT2D eigenvalue weighted by molar-refractivity contribution is 1.26. The number of thiocarbonyl (C=S) groups is 1. The molecule has 0 atom stereocenters. The Bertz CT molecular complexity index is 537. The minimum atomic E-state index is 0.687. The van der Waals surface area contributed by atoms with Gasteiger partial charge in [0, 0.05) is 18.4 Å². The van der Waals surface area contributed by atoms with Crippen LogP contribution in [0, 0.1) is 6.92 Å². The number of hydrogen-bond donors (Lipinski definition) is 1. The molecule has 1 N–H and O–H groups in total. The maximum atomic E-state index is 5.40. The number of para-hydroxylation sites is 1. The Morgan fingerprint density at radius 3 is 2.44 bits per heavy atom. The lowest BCUT2D eigenvalue weighted by Crippen LogP contribution is -2.30. The first-order valence-electron chi connectivity index (χ1n) is 5.83. The van der Waals surface area contributed by atoms with E-state index < -0.39 is 0 Å². The summed E-state index contributed by atoms with van der Waals surface area (Å²) in [6, 6.07) is 18.2. The third-order valence-electron chi connectivity index (χ3n) is 2.72. The number of aryl methyl sites for hydroxylation is 1. The molecule has 0 radical (unpaired) electrons. The number of rotatable bonds is 2. The van der Waals surface area contributed by atoms with E-state index in [9.17, 15) is 0 Å². The molecule has 2 nitrogen and oxygen atoms in total. The molecule has 0 heterocycles. The quantitative estimate of drug-likeness (QED) is 0.822. The van der Waals surface area contributed by atoms with Crippen molar-refractivity contribution in [3.8, 4) is 0 Å². The minimum Gasteiger partial charge on any atom is -0.332 e. The van der Waals surface area contributed by atoms with Crippen LogP contribution in [0.1, 0.15) is 5.56 Å². The van der Waals surface area contributed by atoms with Crippen molar-refractivity contribution in [2.75, 3.05) is 17.3 Å². The van der Waals surface area contributed by atoms with Gasteiger partial charge >= 0.3 is 0 Å². The second-order valence-electron chi connectivity index (χ2n) is 4.19. The Morgan fingerprint density at radius 2 is 1.78 bits per heavy atom. The summed E-state index contributed by atoms with van der Waals surface area (Å²) in [4.78, 5) is 1.97. The molecule has 0 fully saturated rings. The van der Waals surface area contributed by atoms with E-state index in [-0.39, 0.29) is 0 Å². The highest BCUT2D eigenvalue weighted by Gasteiger charge is 2.06. The van der Waals surface area contributed by atoms with Gasteiger partial charge in [-0.1, -0.05) is 30.3 Å². The van der Waals surface area contributed by atoms with Crippen LogP contribution in [0.5, 0.6) is 0 Å². The van der Waals surface area contributed by atoms with Crippen molar-refractivity contribution in [3.63, 3.8) is 0 Å². The average molecular weight is 256 g/mol. The lowest BCUT2D eigenvalue weighted by Gasteiger charge is -2.21. The first-order valence-corrected chi connectivity index (χ1v) is 6.24. The molecule has 0 spiro atoms. The Balaban J connectivity index is 2.10. The highest BCUT2D eigenvalue weighted by molar-refractivity contribution is 7.80. The summed E-state index contributed by atoms with van der Waals surface area (Å²) in [7, 11) is 1.97. The summed E-state index contributed by atoms with van der Waals surface area (Å²) in [6.07, 6.45) is 0. The Hall–Kier alpha value is -1.87. The SMILES string of the molecule is Cc1cccc(N(C)C(=S)Nc2ccccc2)c1. The molecule has 0 aliphatic carbocycles. The molecule has 2 aromatic rings. The number of nitrogens with zero attached hydrogens (tertiary/aromatic N) is 1. The highest BCUT2D eigenvalue weighted by Crippen LogP contribution is 2.16. The zero-order valence-electron chi connectivity index (χ0n) is 10.6. The van der Waals surface area contributed by atoms with Crippen LogP contribution in [0.3, 0.4) is 0 Å². The highest BCUT2D eigenvalue weighted by atomic mass is 32.1. The van der Waals surface area contributed by atoms with Crippen LogP contribution in [-0.2, 0) is 0 Å². The molecule has 0 unspecified atom stereocenters. The van der Waals surface area contributed by atoms with Crippen LogP contribution in [0.2, 0.25) is 0 Å². The van der Waals surface area contributed by atoms with Gasteiger partial charge in [-0.25, -0.2) is 0 Å². The van der Waals surface area contributed by atoms with Crippen LogP contribution in [0.15, 0.2) is 54.6 Å². The molecule has 0 saturated carbocycles. The van der Waals surface area contributed by atoms with Crippen molar-refractivity contribution in [2.45, 2.75) is 6.92 Å². The molecule has 18 heavy (non-hydrogen) atoms. The summed E-state index contributed by atoms with van der Waals surface area (Å²) < 4.78 is 0. The summed E-state index contributed by atoms with van der Waals surface area (Å²) in [5.74, 6) is 0. The van der Waals surface area contributed by atoms with Crippen molar-refractivity contribution in [1.29, 1.82) is 0 Å². The van der Waals surface area contributed by atoms with Crippen LogP contribution >= 0.6 is 12.2 Å². The van der Waals surface area contributed by atoms with Gasteiger partial charge in [-0.3, -0.25) is 0 Å². The van der Waals surface area contributed by atoms with E-state index in [1.54, 1.807) is 0 Å². The Labute approximate surface area is 113 Å². The van der Waals surface area contributed by atoms with E-state index in [0.717, 1.165) is 11.4 Å². The fraction of sp³-hybridized carbons (Fsp3) is 0.133. The maximum absolute atomic E-state index is 5.40. The van der Waals surface area contributed by atoms with Crippen molar-refractivity contribution in [1.82, 2.24) is 0 Å². The van der Waals surface area contributed by atoms with Crippen LogP contribution in [-0.4, -0.2) is 12.2 Å². The third-order valence-corrected chi connectivity index (χ3v) is 3.09. The zero-order chi connectivity index (χ0) is 13.0. The van der Waals surface area contributed by atoms with Gasteiger partial charge in [0.25, 0.3) is 0 Å². The van der Waals surface area contributed by atoms with Gasteiger partial charge in [-0.15, -0.1) is 0 Å². The molecule has 0 saturated heterocycles. The zero-order valence-corrected chi connectivity index (χ0v) is 11.4. The van der Waals surface area contributed by atoms with E-state index in [0.29, 0.717) is 5.11 Å². The van der Waals surface area contributed by atoms with Gasteiger partial charge in [0.15, 0.2) is 5.11 Å². The van der Waals surface area contributed by atoms with Gasteiger partial charge in [0.2, 0.25) is 0 Å². The predicted octanol–water partition coefficient (Wildman–Crippen LogP) is 3.83. The number of benzene rings is 2. The molecule has 0 aliphatic heterocycles. The molecule has 0 amide bonds. The molecular weight excluding hydrogens is 240 g/mol. The topological polar surface area (TPSA) is 15.3 Å². The third kappa shape index (κ3) is 3.08. The van der Waals surface area contributed by atoms with Crippen molar-refractivity contribution < 1.29 is 0 Å². The van der Waals surface area contributed by atoms with E-state index in [4.69, 9.17) is 12.2 Å². The van der Waals surface area contributed by atoms with Crippen molar-refractivity contribution in [3.05, 3.63) is 60.2 Å². The van der Waals surface area contributed by atoms with Gasteiger partial charge in [0.1, 0.15) is 0 Å². The second-order valence-corrected chi connectivity index (χ2v) is 4.58. The lowest BCUT2D eigenvalue weighted by atomic mass is 10.2. The summed E-state index contributed by atoms with van der Waals surface area (Å²) >= 11 is 5.40. The Kier molecular flexibility index (Phi) is 3.95. The van der Waals surface area contributed by atoms with E-state index in [1.807, 2.05) is 54.4 Å². The molecule has 0 aromatic heterocycles. The van der Waals surface area contributed by atoms with Gasteiger partial charge in [-0.2, -0.15) is 0 Å². The first kappa shape index (κ1) is 12.6. The van der Waals surface area contributed by atoms with Crippen LogP contribution in [0.4, 0.5) is 11.4 Å². The monoisotopic (exact) mass is 256 g/mol. The molecule has 92 valence electrons. The van der Waals surface area contributed by atoms with Crippen molar-refractivity contribution in [2.24, 2.45) is 0 Å².